The molecule has 9 nitrogen and oxygen atoms in total. The van der Waals surface area contributed by atoms with E-state index in [2.05, 4.69) is 10.3 Å². The topological polar surface area (TPSA) is 110 Å². The molecule has 2 N–H and O–H groups in total. The number of piperazine rings is 1. The van der Waals surface area contributed by atoms with Gasteiger partial charge in [0.2, 0.25) is 18.6 Å². The summed E-state index contributed by atoms with van der Waals surface area (Å²) < 4.78 is 16.3. The Morgan fingerprint density at radius 2 is 1.94 bits per heavy atom. The van der Waals surface area contributed by atoms with Crippen LogP contribution >= 0.6 is 0 Å². The van der Waals surface area contributed by atoms with E-state index in [1.54, 1.807) is 18.7 Å². The fraction of sp³-hybridized carbons (Fsp3) is 0.370. The highest BCUT2D eigenvalue weighted by atomic mass is 16.7. The predicted molar refractivity (Wildman–Crippen MR) is 129 cm³/mol. The maximum absolute atomic E-state index is 13.9. The van der Waals surface area contributed by atoms with Crippen molar-refractivity contribution in [1.29, 1.82) is 0 Å². The first-order chi connectivity index (χ1) is 17.4. The number of ether oxygens (including phenoxy) is 3. The van der Waals surface area contributed by atoms with Crippen LogP contribution in [-0.4, -0.2) is 52.6 Å². The molecule has 0 bridgehead atoms. The number of H-pyrrole nitrogens is 1. The largest absolute Gasteiger partial charge is 0.463 e. The van der Waals surface area contributed by atoms with Crippen molar-refractivity contribution in [2.24, 2.45) is 0 Å². The number of esters is 1. The summed E-state index contributed by atoms with van der Waals surface area (Å²) in [6.45, 7) is 3.69. The normalized spacial score (nSPS) is 22.4. The number of amides is 2. The Hall–Kier alpha value is -4.01. The molecule has 4 heterocycles. The molecule has 3 aromatic rings. The van der Waals surface area contributed by atoms with Gasteiger partial charge in [0.25, 0.3) is 0 Å². The number of para-hydroxylation sites is 1. The number of hydrogen-bond acceptors (Lipinski definition) is 6. The van der Waals surface area contributed by atoms with E-state index in [-0.39, 0.29) is 37.6 Å². The molecule has 1 aromatic heterocycles. The van der Waals surface area contributed by atoms with E-state index < -0.39 is 24.1 Å². The monoisotopic (exact) mass is 489 g/mol. The summed E-state index contributed by atoms with van der Waals surface area (Å²) in [5.41, 5.74) is 3.68. The van der Waals surface area contributed by atoms with Gasteiger partial charge in [-0.1, -0.05) is 24.3 Å². The highest BCUT2D eigenvalue weighted by Gasteiger charge is 2.49. The Labute approximate surface area is 207 Å². The first-order valence-electron chi connectivity index (χ1n) is 12.2. The van der Waals surface area contributed by atoms with Gasteiger partial charge in [0.1, 0.15) is 12.1 Å². The molecular formula is C27H27N3O6. The number of benzene rings is 2. The first kappa shape index (κ1) is 22.5. The molecular weight excluding hydrogens is 462 g/mol. The molecule has 3 aliphatic rings. The Morgan fingerprint density at radius 3 is 2.78 bits per heavy atom. The van der Waals surface area contributed by atoms with E-state index in [4.69, 9.17) is 14.2 Å². The minimum atomic E-state index is -0.809. The molecule has 0 saturated carbocycles. The van der Waals surface area contributed by atoms with E-state index in [0.29, 0.717) is 17.9 Å². The maximum atomic E-state index is 13.9. The predicted octanol–water partition coefficient (Wildman–Crippen LogP) is 2.97. The van der Waals surface area contributed by atoms with Gasteiger partial charge in [0.05, 0.1) is 12.1 Å². The fourth-order valence-corrected chi connectivity index (χ4v) is 5.48. The zero-order valence-electron chi connectivity index (χ0n) is 20.1. The van der Waals surface area contributed by atoms with Crippen molar-refractivity contribution in [2.45, 2.75) is 57.3 Å². The second kappa shape index (κ2) is 8.58. The lowest BCUT2D eigenvalue weighted by molar-refractivity contribution is -0.153. The molecule has 3 atom stereocenters. The van der Waals surface area contributed by atoms with Crippen molar-refractivity contribution in [1.82, 2.24) is 15.2 Å². The number of aromatic nitrogens is 1. The van der Waals surface area contributed by atoms with Crippen LogP contribution in [0.5, 0.6) is 11.5 Å². The summed E-state index contributed by atoms with van der Waals surface area (Å²) in [7, 11) is 0. The molecule has 3 aliphatic heterocycles. The molecule has 0 spiro atoms. The molecule has 0 aliphatic carbocycles. The quantitative estimate of drug-likeness (QED) is 0.534. The third-order valence-corrected chi connectivity index (χ3v) is 7.02. The Morgan fingerprint density at radius 1 is 1.14 bits per heavy atom. The van der Waals surface area contributed by atoms with Crippen LogP contribution < -0.4 is 14.8 Å². The minimum Gasteiger partial charge on any atom is -0.463 e. The summed E-state index contributed by atoms with van der Waals surface area (Å²) in [6.07, 6.45) is 0.378. The summed E-state index contributed by atoms with van der Waals surface area (Å²) in [5, 5.41) is 3.90. The molecule has 1 saturated heterocycles. The van der Waals surface area contributed by atoms with E-state index in [1.165, 1.54) is 0 Å². The number of fused-ring (bicyclic) bond motifs is 5. The Bertz CT molecular complexity index is 1380. The Kier molecular flexibility index (Phi) is 5.35. The van der Waals surface area contributed by atoms with Gasteiger partial charge in [-0.05, 0) is 49.6 Å². The first-order valence-corrected chi connectivity index (χ1v) is 12.2. The maximum Gasteiger partial charge on any atom is 0.306 e. The van der Waals surface area contributed by atoms with E-state index in [1.807, 2.05) is 42.5 Å². The molecule has 0 radical (unpaired) electrons. The number of carbonyl (C=O) groups is 3. The third-order valence-electron chi connectivity index (χ3n) is 7.02. The van der Waals surface area contributed by atoms with Crippen LogP contribution in [0.2, 0.25) is 0 Å². The average Bonchev–Trinajstić information content (AvgIpc) is 3.47. The van der Waals surface area contributed by atoms with Gasteiger partial charge < -0.3 is 29.4 Å². The van der Waals surface area contributed by atoms with Crippen molar-refractivity contribution >= 4 is 28.7 Å². The number of carbonyl (C=O) groups excluding carboxylic acids is 3. The lowest BCUT2D eigenvalue weighted by Gasteiger charge is -2.46. The van der Waals surface area contributed by atoms with E-state index in [9.17, 15) is 14.4 Å². The van der Waals surface area contributed by atoms with Crippen molar-refractivity contribution in [2.75, 3.05) is 6.79 Å². The lowest BCUT2D eigenvalue weighted by Crippen LogP contribution is -2.66. The molecule has 1 fully saturated rings. The molecule has 36 heavy (non-hydrogen) atoms. The molecule has 9 heteroatoms. The van der Waals surface area contributed by atoms with Crippen molar-refractivity contribution < 1.29 is 28.6 Å². The van der Waals surface area contributed by atoms with Crippen LogP contribution in [0.4, 0.5) is 0 Å². The average molecular weight is 490 g/mol. The summed E-state index contributed by atoms with van der Waals surface area (Å²) in [6, 6.07) is 11.6. The SMILES string of the molecule is CC(C)OC(=O)CC[C@@H]1NC(=O)[C@H]2Cc3c([nH]c4ccccc34)[C@@H](c3ccc4c(c3)OCO4)N2C1=O. The van der Waals surface area contributed by atoms with Crippen molar-refractivity contribution in [3.63, 3.8) is 0 Å². The van der Waals surface area contributed by atoms with E-state index in [0.717, 1.165) is 27.7 Å². The second-order valence-electron chi connectivity index (χ2n) is 9.68. The van der Waals surface area contributed by atoms with E-state index >= 15 is 0 Å². The highest BCUT2D eigenvalue weighted by Crippen LogP contribution is 2.44. The summed E-state index contributed by atoms with van der Waals surface area (Å²) >= 11 is 0. The summed E-state index contributed by atoms with van der Waals surface area (Å²) in [4.78, 5) is 44.6. The van der Waals surface area contributed by atoms with Gasteiger partial charge in [-0.3, -0.25) is 14.4 Å². The smallest absolute Gasteiger partial charge is 0.306 e. The number of hydrogen-bond donors (Lipinski definition) is 2. The third kappa shape index (κ3) is 3.66. The van der Waals surface area contributed by atoms with Gasteiger partial charge in [0.15, 0.2) is 11.5 Å². The Balaban J connectivity index is 1.41. The zero-order valence-corrected chi connectivity index (χ0v) is 20.1. The van der Waals surface area contributed by atoms with Gasteiger partial charge in [0, 0.05) is 29.4 Å². The fourth-order valence-electron chi connectivity index (χ4n) is 5.48. The highest BCUT2D eigenvalue weighted by molar-refractivity contribution is 5.99. The van der Waals surface area contributed by atoms with Gasteiger partial charge in [-0.2, -0.15) is 0 Å². The molecule has 2 aromatic carbocycles. The standard InChI is InChI=1S/C27H27N3O6/c1-14(2)36-23(31)10-8-19-27(33)30-20(26(32)29-19)12-17-16-5-3-4-6-18(16)28-24(17)25(30)15-7-9-21-22(11-15)35-13-34-21/h3-7,9,11,14,19-20,25,28H,8,10,12-13H2,1-2H3,(H,29,32)/t19-,20+,25+/m0/s1. The van der Waals surface area contributed by atoms with Crippen LogP contribution in [0, 0.1) is 0 Å². The van der Waals surface area contributed by atoms with Gasteiger partial charge in [-0.25, -0.2) is 0 Å². The number of nitrogens with one attached hydrogen (secondary N) is 2. The lowest BCUT2D eigenvalue weighted by atomic mass is 9.85. The van der Waals surface area contributed by atoms with Crippen LogP contribution in [0.1, 0.15) is 49.6 Å². The van der Waals surface area contributed by atoms with Gasteiger partial charge >= 0.3 is 5.97 Å². The summed E-state index contributed by atoms with van der Waals surface area (Å²) in [5.74, 6) is 0.418. The second-order valence-corrected chi connectivity index (χ2v) is 9.68. The van der Waals surface area contributed by atoms with Crippen molar-refractivity contribution in [3.05, 3.63) is 59.3 Å². The number of rotatable bonds is 5. The van der Waals surface area contributed by atoms with Crippen LogP contribution in [0.15, 0.2) is 42.5 Å². The molecule has 2 amide bonds. The zero-order chi connectivity index (χ0) is 25.0. The van der Waals surface area contributed by atoms with Gasteiger partial charge in [-0.15, -0.1) is 0 Å². The number of nitrogens with zero attached hydrogens (tertiary/aromatic N) is 1. The van der Waals surface area contributed by atoms with Crippen LogP contribution in [-0.2, 0) is 25.5 Å². The molecule has 6 rings (SSSR count). The van der Waals surface area contributed by atoms with Crippen molar-refractivity contribution in [3.8, 4) is 11.5 Å². The van der Waals surface area contributed by atoms with Crippen LogP contribution in [0.3, 0.4) is 0 Å². The molecule has 0 unspecified atom stereocenters. The van der Waals surface area contributed by atoms with Crippen LogP contribution in [0.25, 0.3) is 10.9 Å². The number of aromatic amines is 1. The molecule has 186 valence electrons. The minimum absolute atomic E-state index is 0.0414.